The predicted octanol–water partition coefficient (Wildman–Crippen LogP) is 5.59. The van der Waals surface area contributed by atoms with Gasteiger partial charge in [-0.05, 0) is 55.5 Å². The van der Waals surface area contributed by atoms with Crippen molar-refractivity contribution in [3.63, 3.8) is 0 Å². The van der Waals surface area contributed by atoms with Gasteiger partial charge in [-0.2, -0.15) is 4.99 Å². The van der Waals surface area contributed by atoms with E-state index in [0.717, 1.165) is 16.9 Å². The van der Waals surface area contributed by atoms with Gasteiger partial charge in [0.1, 0.15) is 0 Å². The van der Waals surface area contributed by atoms with Gasteiger partial charge in [0.25, 0.3) is 0 Å². The summed E-state index contributed by atoms with van der Waals surface area (Å²) < 4.78 is 5.76. The molecule has 3 aromatic carbocycles. The number of anilines is 2. The second-order valence-corrected chi connectivity index (χ2v) is 5.87. The van der Waals surface area contributed by atoms with Gasteiger partial charge in [-0.3, -0.25) is 4.90 Å². The third kappa shape index (κ3) is 4.35. The van der Waals surface area contributed by atoms with Gasteiger partial charge in [-0.1, -0.05) is 54.6 Å². The molecule has 0 heterocycles. The average molecular weight is 360 g/mol. The highest BCUT2D eigenvalue weighted by Gasteiger charge is 2.16. The SMILES string of the molecule is CCO/C(=N\C(=S)N(c1ccccc1)c1ccccc1)c1ccccc1. The van der Waals surface area contributed by atoms with Crippen LogP contribution < -0.4 is 4.90 Å². The van der Waals surface area contributed by atoms with Gasteiger partial charge in [0.2, 0.25) is 11.0 Å². The van der Waals surface area contributed by atoms with E-state index in [1.54, 1.807) is 0 Å². The fourth-order valence-electron chi connectivity index (χ4n) is 2.56. The van der Waals surface area contributed by atoms with E-state index in [1.165, 1.54) is 0 Å². The minimum atomic E-state index is 0.426. The number of ether oxygens (including phenoxy) is 1. The molecule has 0 amide bonds. The summed E-state index contributed by atoms with van der Waals surface area (Å²) in [4.78, 5) is 6.58. The summed E-state index contributed by atoms with van der Waals surface area (Å²) in [5, 5.41) is 0.426. The zero-order valence-corrected chi connectivity index (χ0v) is 15.4. The molecule has 0 atom stereocenters. The first-order valence-corrected chi connectivity index (χ1v) is 8.91. The van der Waals surface area contributed by atoms with Gasteiger partial charge in [0.05, 0.1) is 6.61 Å². The van der Waals surface area contributed by atoms with Crippen LogP contribution in [0.3, 0.4) is 0 Å². The van der Waals surface area contributed by atoms with Crippen LogP contribution in [0.2, 0.25) is 0 Å². The van der Waals surface area contributed by atoms with Gasteiger partial charge in [-0.15, -0.1) is 0 Å². The van der Waals surface area contributed by atoms with Gasteiger partial charge < -0.3 is 4.74 Å². The molecule has 0 aliphatic heterocycles. The Morgan fingerprint density at radius 3 is 1.73 bits per heavy atom. The summed E-state index contributed by atoms with van der Waals surface area (Å²) in [6.07, 6.45) is 0. The van der Waals surface area contributed by atoms with Crippen molar-refractivity contribution in [2.45, 2.75) is 6.92 Å². The number of aliphatic imine (C=N–C) groups is 1. The summed E-state index contributed by atoms with van der Waals surface area (Å²) in [6.45, 7) is 2.46. The Kier molecular flexibility index (Phi) is 6.12. The van der Waals surface area contributed by atoms with Crippen LogP contribution in [0.15, 0.2) is 96.0 Å². The van der Waals surface area contributed by atoms with Gasteiger partial charge in [-0.25, -0.2) is 0 Å². The van der Waals surface area contributed by atoms with Crippen LogP contribution in [-0.4, -0.2) is 17.6 Å². The molecule has 0 radical (unpaired) electrons. The monoisotopic (exact) mass is 360 g/mol. The lowest BCUT2D eigenvalue weighted by atomic mass is 10.2. The first-order valence-electron chi connectivity index (χ1n) is 8.50. The Morgan fingerprint density at radius 2 is 1.27 bits per heavy atom. The lowest BCUT2D eigenvalue weighted by Crippen LogP contribution is -2.24. The minimum absolute atomic E-state index is 0.426. The smallest absolute Gasteiger partial charge is 0.223 e. The number of para-hydroxylation sites is 2. The maximum Gasteiger partial charge on any atom is 0.223 e. The summed E-state index contributed by atoms with van der Waals surface area (Å²) in [5.74, 6) is 0.523. The van der Waals surface area contributed by atoms with Crippen molar-refractivity contribution in [1.29, 1.82) is 0 Å². The molecule has 0 bridgehead atoms. The molecule has 0 unspecified atom stereocenters. The molecule has 0 aliphatic rings. The minimum Gasteiger partial charge on any atom is -0.477 e. The molecule has 0 aromatic heterocycles. The van der Waals surface area contributed by atoms with Crippen LogP contribution in [0, 0.1) is 0 Å². The van der Waals surface area contributed by atoms with E-state index < -0.39 is 0 Å². The lowest BCUT2D eigenvalue weighted by Gasteiger charge is -2.23. The quantitative estimate of drug-likeness (QED) is 0.344. The van der Waals surface area contributed by atoms with Crippen LogP contribution >= 0.6 is 12.2 Å². The predicted molar refractivity (Wildman–Crippen MR) is 112 cm³/mol. The molecule has 0 spiro atoms. The summed E-state index contributed by atoms with van der Waals surface area (Å²) >= 11 is 5.69. The molecule has 3 rings (SSSR count). The molecule has 0 aliphatic carbocycles. The van der Waals surface area contributed by atoms with Crippen LogP contribution in [-0.2, 0) is 4.74 Å². The van der Waals surface area contributed by atoms with Gasteiger partial charge in [0, 0.05) is 16.9 Å². The average Bonchev–Trinajstić information content (AvgIpc) is 2.70. The highest BCUT2D eigenvalue weighted by Crippen LogP contribution is 2.26. The molecule has 0 fully saturated rings. The van der Waals surface area contributed by atoms with Crippen molar-refractivity contribution in [2.24, 2.45) is 4.99 Å². The number of hydrogen-bond donors (Lipinski definition) is 0. The van der Waals surface area contributed by atoms with Gasteiger partial charge >= 0.3 is 0 Å². The van der Waals surface area contributed by atoms with Gasteiger partial charge in [0.15, 0.2) is 0 Å². The Labute approximate surface area is 159 Å². The van der Waals surface area contributed by atoms with E-state index in [-0.39, 0.29) is 0 Å². The fourth-order valence-corrected chi connectivity index (χ4v) is 2.85. The highest BCUT2D eigenvalue weighted by molar-refractivity contribution is 7.80. The van der Waals surface area contributed by atoms with E-state index in [2.05, 4.69) is 4.99 Å². The maximum absolute atomic E-state index is 5.76. The molecule has 26 heavy (non-hydrogen) atoms. The number of nitrogens with zero attached hydrogens (tertiary/aromatic N) is 2. The molecule has 0 saturated heterocycles. The Bertz CT molecular complexity index is 825. The van der Waals surface area contributed by atoms with E-state index in [1.807, 2.05) is 103 Å². The number of rotatable bonds is 4. The zero-order chi connectivity index (χ0) is 18.2. The van der Waals surface area contributed by atoms with Crippen molar-refractivity contribution in [2.75, 3.05) is 11.5 Å². The Morgan fingerprint density at radius 1 is 0.808 bits per heavy atom. The third-order valence-corrected chi connectivity index (χ3v) is 3.99. The number of benzene rings is 3. The number of thiocarbonyl (C=S) groups is 1. The fraction of sp³-hybridized carbons (Fsp3) is 0.0909. The van der Waals surface area contributed by atoms with Crippen LogP contribution in [0.5, 0.6) is 0 Å². The molecular weight excluding hydrogens is 340 g/mol. The first kappa shape index (κ1) is 17.8. The first-order chi connectivity index (χ1) is 12.8. The summed E-state index contributed by atoms with van der Waals surface area (Å²) in [6, 6.07) is 29.8. The zero-order valence-electron chi connectivity index (χ0n) is 14.6. The maximum atomic E-state index is 5.76. The molecule has 0 saturated carbocycles. The highest BCUT2D eigenvalue weighted by atomic mass is 32.1. The summed E-state index contributed by atoms with van der Waals surface area (Å²) in [7, 11) is 0. The normalized spacial score (nSPS) is 11.0. The second-order valence-electron chi connectivity index (χ2n) is 5.51. The second kappa shape index (κ2) is 8.92. The van der Waals surface area contributed by atoms with E-state index >= 15 is 0 Å². The molecule has 0 N–H and O–H groups in total. The Hall–Kier alpha value is -2.98. The van der Waals surface area contributed by atoms with Crippen molar-refractivity contribution < 1.29 is 4.74 Å². The van der Waals surface area contributed by atoms with Crippen LogP contribution in [0.4, 0.5) is 11.4 Å². The van der Waals surface area contributed by atoms with E-state index in [0.29, 0.717) is 17.6 Å². The largest absolute Gasteiger partial charge is 0.477 e. The number of hydrogen-bond acceptors (Lipinski definition) is 2. The van der Waals surface area contributed by atoms with Crippen molar-refractivity contribution in [3.8, 4) is 0 Å². The van der Waals surface area contributed by atoms with Crippen LogP contribution in [0.1, 0.15) is 12.5 Å². The third-order valence-electron chi connectivity index (χ3n) is 3.72. The van der Waals surface area contributed by atoms with Crippen molar-refractivity contribution in [1.82, 2.24) is 0 Å². The summed E-state index contributed by atoms with van der Waals surface area (Å²) in [5.41, 5.74) is 2.81. The molecule has 3 nitrogen and oxygen atoms in total. The van der Waals surface area contributed by atoms with Crippen molar-refractivity contribution >= 4 is 34.6 Å². The lowest BCUT2D eigenvalue weighted by molar-refractivity contribution is 0.329. The molecular formula is C22H20N2OS. The molecule has 4 heteroatoms. The molecule has 3 aromatic rings. The van der Waals surface area contributed by atoms with E-state index in [9.17, 15) is 0 Å². The van der Waals surface area contributed by atoms with E-state index in [4.69, 9.17) is 17.0 Å². The van der Waals surface area contributed by atoms with Crippen LogP contribution in [0.25, 0.3) is 0 Å². The van der Waals surface area contributed by atoms with Crippen molar-refractivity contribution in [3.05, 3.63) is 96.6 Å². The topological polar surface area (TPSA) is 24.8 Å². The standard InChI is InChI=1S/C22H20N2OS/c1-2-25-21(18-12-6-3-7-13-18)23-22(26)24(19-14-8-4-9-15-19)20-16-10-5-11-17-20/h3-17H,2H2,1H3/b23-21-. The Balaban J connectivity index is 2.02. The molecule has 130 valence electrons.